The molecule has 2 aromatic rings. The molecule has 0 radical (unpaired) electrons. The molecule has 0 bridgehead atoms. The molecule has 0 aromatic heterocycles. The smallest absolute Gasteiger partial charge is 0.268 e. The van der Waals surface area contributed by atoms with Crippen LogP contribution in [-0.2, 0) is 4.79 Å². The number of thiocarbonyl (C=S) groups is 1. The van der Waals surface area contributed by atoms with Crippen LogP contribution in [0.1, 0.15) is 5.56 Å². The Hall–Kier alpha value is -1.69. The molecular weight excluding hydrogens is 390 g/mol. The second-order valence-electron chi connectivity index (χ2n) is 4.76. The van der Waals surface area contributed by atoms with Gasteiger partial charge in [-0.1, -0.05) is 78.6 Å². The number of nitrogens with zero attached hydrogens (tertiary/aromatic N) is 1. The minimum atomic E-state index is -0.0930. The highest BCUT2D eigenvalue weighted by molar-refractivity contribution is 9.10. The summed E-state index contributed by atoms with van der Waals surface area (Å²) >= 11 is 10.1. The summed E-state index contributed by atoms with van der Waals surface area (Å²) in [6.07, 6.45) is 5.65. The number of benzene rings is 2. The number of rotatable bonds is 3. The van der Waals surface area contributed by atoms with E-state index in [2.05, 4.69) is 15.9 Å². The van der Waals surface area contributed by atoms with Crippen molar-refractivity contribution < 1.29 is 4.79 Å². The largest absolute Gasteiger partial charge is 0.270 e. The molecule has 2 aromatic carbocycles. The summed E-state index contributed by atoms with van der Waals surface area (Å²) in [4.78, 5) is 14.8. The SMILES string of the molecule is O=C1/C(=C/C=C\c2ccccc2)SC(=S)N1c1ccccc1Br. The van der Waals surface area contributed by atoms with Crippen molar-refractivity contribution in [1.29, 1.82) is 0 Å². The van der Waals surface area contributed by atoms with E-state index in [4.69, 9.17) is 12.2 Å². The minimum absolute atomic E-state index is 0.0930. The summed E-state index contributed by atoms with van der Waals surface area (Å²) in [7, 11) is 0. The molecule has 5 heteroatoms. The number of allylic oxidation sites excluding steroid dienone is 2. The molecule has 0 spiro atoms. The van der Waals surface area contributed by atoms with Crippen LogP contribution >= 0.6 is 39.9 Å². The predicted molar refractivity (Wildman–Crippen MR) is 105 cm³/mol. The lowest BCUT2D eigenvalue weighted by Gasteiger charge is -2.15. The van der Waals surface area contributed by atoms with Gasteiger partial charge in [-0.05, 0) is 39.7 Å². The lowest BCUT2D eigenvalue weighted by atomic mass is 10.2. The van der Waals surface area contributed by atoms with Crippen LogP contribution in [0.3, 0.4) is 0 Å². The quantitative estimate of drug-likeness (QED) is 0.506. The third-order valence-corrected chi connectivity index (χ3v) is 5.21. The fourth-order valence-electron chi connectivity index (χ4n) is 2.13. The van der Waals surface area contributed by atoms with E-state index in [9.17, 15) is 4.79 Å². The van der Waals surface area contributed by atoms with Crippen LogP contribution < -0.4 is 4.90 Å². The van der Waals surface area contributed by atoms with Crippen molar-refractivity contribution in [2.24, 2.45) is 0 Å². The molecule has 1 amide bonds. The monoisotopic (exact) mass is 401 g/mol. The zero-order valence-electron chi connectivity index (χ0n) is 12.0. The third kappa shape index (κ3) is 3.63. The molecule has 0 N–H and O–H groups in total. The number of para-hydroxylation sites is 1. The molecule has 0 aliphatic carbocycles. The zero-order chi connectivity index (χ0) is 16.2. The van der Waals surface area contributed by atoms with E-state index in [0.29, 0.717) is 9.23 Å². The van der Waals surface area contributed by atoms with Crippen molar-refractivity contribution >= 4 is 61.9 Å². The van der Waals surface area contributed by atoms with Crippen molar-refractivity contribution in [1.82, 2.24) is 0 Å². The van der Waals surface area contributed by atoms with E-state index in [-0.39, 0.29) is 5.91 Å². The first-order valence-electron chi connectivity index (χ1n) is 6.91. The van der Waals surface area contributed by atoms with Gasteiger partial charge in [0, 0.05) is 4.47 Å². The Morgan fingerprint density at radius 3 is 2.48 bits per heavy atom. The summed E-state index contributed by atoms with van der Waals surface area (Å²) in [5.41, 5.74) is 1.86. The van der Waals surface area contributed by atoms with Gasteiger partial charge in [-0.25, -0.2) is 0 Å². The Morgan fingerprint density at radius 2 is 1.74 bits per heavy atom. The van der Waals surface area contributed by atoms with Crippen LogP contribution in [0.25, 0.3) is 6.08 Å². The van der Waals surface area contributed by atoms with Gasteiger partial charge in [-0.3, -0.25) is 9.69 Å². The molecule has 1 fully saturated rings. The van der Waals surface area contributed by atoms with Crippen molar-refractivity contribution in [2.75, 3.05) is 4.90 Å². The van der Waals surface area contributed by atoms with Crippen molar-refractivity contribution in [2.45, 2.75) is 0 Å². The summed E-state index contributed by atoms with van der Waals surface area (Å²) in [6, 6.07) is 17.5. The Balaban J connectivity index is 1.83. The minimum Gasteiger partial charge on any atom is -0.268 e. The second kappa shape index (κ2) is 7.25. The van der Waals surface area contributed by atoms with Crippen molar-refractivity contribution in [3.8, 4) is 0 Å². The van der Waals surface area contributed by atoms with Gasteiger partial charge in [0.2, 0.25) is 0 Å². The van der Waals surface area contributed by atoms with Crippen LogP contribution in [-0.4, -0.2) is 10.2 Å². The lowest BCUT2D eigenvalue weighted by molar-refractivity contribution is -0.113. The standard InChI is InChI=1S/C18H12BrNOS2/c19-14-10-4-5-11-15(14)20-17(21)16(23-18(20)22)12-6-9-13-7-2-1-3-8-13/h1-12H/b9-6-,16-12-. The number of amides is 1. The summed E-state index contributed by atoms with van der Waals surface area (Å²) in [5.74, 6) is -0.0930. The topological polar surface area (TPSA) is 20.3 Å². The van der Waals surface area contributed by atoms with Crippen LogP contribution in [0.2, 0.25) is 0 Å². The van der Waals surface area contributed by atoms with E-state index in [1.807, 2.05) is 72.8 Å². The van der Waals surface area contributed by atoms with Crippen molar-refractivity contribution in [3.63, 3.8) is 0 Å². The highest BCUT2D eigenvalue weighted by Gasteiger charge is 2.33. The predicted octanol–water partition coefficient (Wildman–Crippen LogP) is 5.41. The van der Waals surface area contributed by atoms with E-state index < -0.39 is 0 Å². The van der Waals surface area contributed by atoms with Gasteiger partial charge in [-0.15, -0.1) is 0 Å². The summed E-state index contributed by atoms with van der Waals surface area (Å²) < 4.78 is 1.39. The lowest BCUT2D eigenvalue weighted by Crippen LogP contribution is -2.27. The second-order valence-corrected chi connectivity index (χ2v) is 7.29. The molecule has 3 rings (SSSR count). The molecule has 0 atom stereocenters. The molecule has 1 saturated heterocycles. The van der Waals surface area contributed by atoms with E-state index >= 15 is 0 Å². The molecule has 1 heterocycles. The molecule has 2 nitrogen and oxygen atoms in total. The summed E-state index contributed by atoms with van der Waals surface area (Å²) in [6.45, 7) is 0. The highest BCUT2D eigenvalue weighted by atomic mass is 79.9. The number of carbonyl (C=O) groups is 1. The Kier molecular flexibility index (Phi) is 5.10. The Morgan fingerprint density at radius 1 is 1.04 bits per heavy atom. The average molecular weight is 402 g/mol. The first-order valence-corrected chi connectivity index (χ1v) is 8.93. The number of anilines is 1. The van der Waals surface area contributed by atoms with Crippen molar-refractivity contribution in [3.05, 3.63) is 81.7 Å². The van der Waals surface area contributed by atoms with Gasteiger partial charge in [0.15, 0.2) is 4.32 Å². The number of halogens is 1. The number of hydrogen-bond donors (Lipinski definition) is 0. The maximum atomic E-state index is 12.6. The molecule has 1 aliphatic heterocycles. The Labute approximate surface area is 153 Å². The van der Waals surface area contributed by atoms with Crippen LogP contribution in [0.15, 0.2) is 76.1 Å². The van der Waals surface area contributed by atoms with Crippen LogP contribution in [0.5, 0.6) is 0 Å². The maximum Gasteiger partial charge on any atom is 0.270 e. The number of hydrogen-bond acceptors (Lipinski definition) is 3. The Bertz CT molecular complexity index is 815. The van der Waals surface area contributed by atoms with Crippen LogP contribution in [0.4, 0.5) is 5.69 Å². The molecular formula is C18H12BrNOS2. The molecule has 0 unspecified atom stereocenters. The fraction of sp³-hybridized carbons (Fsp3) is 0. The van der Waals surface area contributed by atoms with Gasteiger partial charge >= 0.3 is 0 Å². The zero-order valence-corrected chi connectivity index (χ0v) is 15.2. The first-order chi connectivity index (χ1) is 11.2. The third-order valence-electron chi connectivity index (χ3n) is 3.22. The fourth-order valence-corrected chi connectivity index (χ4v) is 3.83. The maximum absolute atomic E-state index is 12.6. The van der Waals surface area contributed by atoms with Crippen LogP contribution in [0, 0.1) is 0 Å². The molecule has 1 aliphatic rings. The van der Waals surface area contributed by atoms with E-state index in [0.717, 1.165) is 15.7 Å². The first kappa shape index (κ1) is 16.2. The molecule has 114 valence electrons. The molecule has 0 saturated carbocycles. The average Bonchev–Trinajstić information content (AvgIpc) is 2.83. The highest BCUT2D eigenvalue weighted by Crippen LogP contribution is 2.37. The van der Waals surface area contributed by atoms with E-state index in [1.165, 1.54) is 11.8 Å². The molecule has 23 heavy (non-hydrogen) atoms. The number of carbonyl (C=O) groups excluding carboxylic acids is 1. The van der Waals surface area contributed by atoms with Gasteiger partial charge in [0.1, 0.15) is 0 Å². The number of thioether (sulfide) groups is 1. The van der Waals surface area contributed by atoms with Gasteiger partial charge < -0.3 is 0 Å². The summed E-state index contributed by atoms with van der Waals surface area (Å²) in [5, 5.41) is 0. The van der Waals surface area contributed by atoms with Gasteiger partial charge in [0.25, 0.3) is 5.91 Å². The van der Waals surface area contributed by atoms with Gasteiger partial charge in [0.05, 0.1) is 10.6 Å². The normalized spacial score (nSPS) is 16.7. The van der Waals surface area contributed by atoms with Gasteiger partial charge in [-0.2, -0.15) is 0 Å². The van der Waals surface area contributed by atoms with E-state index in [1.54, 1.807) is 4.90 Å².